The molecule has 2 N–H and O–H groups in total. The van der Waals surface area contributed by atoms with Gasteiger partial charge in [0, 0.05) is 36.8 Å². The van der Waals surface area contributed by atoms with Crippen LogP contribution in [0.1, 0.15) is 32.0 Å². The molecule has 7 nitrogen and oxygen atoms in total. The van der Waals surface area contributed by atoms with Crippen molar-refractivity contribution < 1.29 is 14.1 Å². The first kappa shape index (κ1) is 28.0. The van der Waals surface area contributed by atoms with Crippen molar-refractivity contribution in [2.45, 2.75) is 32.7 Å². The molecule has 1 aromatic heterocycles. The summed E-state index contributed by atoms with van der Waals surface area (Å²) < 4.78 is 17.1. The lowest BCUT2D eigenvalue weighted by atomic mass is 9.87. The number of amides is 2. The van der Waals surface area contributed by atoms with Gasteiger partial charge in [-0.15, -0.1) is 0 Å². The van der Waals surface area contributed by atoms with Crippen molar-refractivity contribution in [3.05, 3.63) is 84.2 Å². The maximum atomic E-state index is 13.1. The Morgan fingerprint density at radius 3 is 2.38 bits per heavy atom. The zero-order valence-electron chi connectivity index (χ0n) is 23.5. The molecule has 0 unspecified atom stereocenters. The predicted octanol–water partition coefficient (Wildman–Crippen LogP) is 6.42. The zero-order chi connectivity index (χ0) is 28.3. The molecule has 1 saturated heterocycles. The summed E-state index contributed by atoms with van der Waals surface area (Å²) in [6.07, 6.45) is 1.91. The molecule has 8 heteroatoms. The van der Waals surface area contributed by atoms with Gasteiger partial charge < -0.3 is 19.9 Å². The highest BCUT2D eigenvalue weighted by atomic mass is 32.2. The molecule has 0 spiro atoms. The van der Waals surface area contributed by atoms with Crippen LogP contribution in [0.3, 0.4) is 0 Å². The third-order valence-corrected chi connectivity index (χ3v) is 8.55. The highest BCUT2D eigenvalue weighted by Crippen LogP contribution is 2.34. The van der Waals surface area contributed by atoms with Crippen molar-refractivity contribution in [2.75, 3.05) is 42.3 Å². The molecule has 2 heterocycles. The molecule has 1 fully saturated rings. The van der Waals surface area contributed by atoms with Crippen LogP contribution in [0.4, 0.5) is 16.2 Å². The van der Waals surface area contributed by atoms with Gasteiger partial charge in [-0.2, -0.15) is 0 Å². The van der Waals surface area contributed by atoms with Gasteiger partial charge >= 0.3 is 6.03 Å². The van der Waals surface area contributed by atoms with Crippen LogP contribution < -0.4 is 15.4 Å². The van der Waals surface area contributed by atoms with E-state index in [-0.39, 0.29) is 11.4 Å². The minimum absolute atomic E-state index is 0.0621. The standard InChI is InChI=1S/C32H36N4O3S/c1-32(2,3)23-10-14-30(39-4)29(19-23)35-31(37)34-28-13-12-25(26-7-5-6-8-27(26)28)22-9-11-24(33-20-22)21-36-15-17-40(38)18-16-36/h5-14,19-20H,15-18,21H2,1-4H3,(H2,34,35,37). The van der Waals surface area contributed by atoms with E-state index in [1.54, 1.807) is 7.11 Å². The number of aromatic nitrogens is 1. The summed E-state index contributed by atoms with van der Waals surface area (Å²) in [7, 11) is 1.60. The first-order chi connectivity index (χ1) is 19.2. The van der Waals surface area contributed by atoms with Crippen molar-refractivity contribution in [1.82, 2.24) is 9.88 Å². The monoisotopic (exact) mass is 556 g/mol. The third kappa shape index (κ3) is 6.41. The first-order valence-corrected chi connectivity index (χ1v) is 15.0. The summed E-state index contributed by atoms with van der Waals surface area (Å²) >= 11 is -0.681. The van der Waals surface area contributed by atoms with Crippen molar-refractivity contribution in [3.8, 4) is 16.9 Å². The predicted molar refractivity (Wildman–Crippen MR) is 165 cm³/mol. The van der Waals surface area contributed by atoms with E-state index in [1.165, 1.54) is 0 Å². The number of nitrogens with zero attached hydrogens (tertiary/aromatic N) is 2. The Morgan fingerprint density at radius 1 is 0.975 bits per heavy atom. The van der Waals surface area contributed by atoms with E-state index in [4.69, 9.17) is 9.72 Å². The zero-order valence-corrected chi connectivity index (χ0v) is 24.3. The summed E-state index contributed by atoms with van der Waals surface area (Å²) in [5, 5.41) is 7.97. The Morgan fingerprint density at radius 2 is 1.70 bits per heavy atom. The number of rotatable bonds is 6. The van der Waals surface area contributed by atoms with E-state index in [9.17, 15) is 9.35 Å². The maximum absolute atomic E-state index is 13.1. The molecule has 2 amide bonds. The van der Waals surface area contributed by atoms with Gasteiger partial charge in [0.15, 0.2) is 0 Å². The molecule has 40 heavy (non-hydrogen) atoms. The molecule has 5 rings (SSSR count). The Labute approximate surface area is 239 Å². The number of anilines is 2. The van der Waals surface area contributed by atoms with Crippen LogP contribution in [0.5, 0.6) is 5.75 Å². The topological polar surface area (TPSA) is 89.5 Å². The molecule has 0 bridgehead atoms. The molecule has 0 radical (unpaired) electrons. The lowest BCUT2D eigenvalue weighted by Gasteiger charge is -2.27. The number of nitrogens with one attached hydrogen (secondary N) is 2. The Kier molecular flexibility index (Phi) is 8.30. The van der Waals surface area contributed by atoms with E-state index in [0.29, 0.717) is 11.4 Å². The van der Waals surface area contributed by atoms with Gasteiger partial charge in [-0.05, 0) is 46.2 Å². The number of carbonyl (C=O) groups is 1. The number of hydrogen-bond donors (Lipinski definition) is 2. The van der Waals surface area contributed by atoms with Crippen molar-refractivity contribution in [3.63, 3.8) is 0 Å². The van der Waals surface area contributed by atoms with E-state index in [0.717, 1.165) is 70.0 Å². The molecular formula is C32H36N4O3S. The second kappa shape index (κ2) is 11.9. The SMILES string of the molecule is COc1ccc(C(C)(C)C)cc1NC(=O)Nc1ccc(-c2ccc(CN3CC[S+]([O-])CC3)nc2)c2ccccc12. The highest BCUT2D eigenvalue weighted by Gasteiger charge is 2.20. The van der Waals surface area contributed by atoms with Crippen LogP contribution in [0, 0.1) is 0 Å². The average Bonchev–Trinajstić information content (AvgIpc) is 2.94. The van der Waals surface area contributed by atoms with Crippen molar-refractivity contribution in [1.29, 1.82) is 0 Å². The largest absolute Gasteiger partial charge is 0.616 e. The lowest BCUT2D eigenvalue weighted by Crippen LogP contribution is -2.39. The Hall–Kier alpha value is -3.59. The summed E-state index contributed by atoms with van der Waals surface area (Å²) in [5.41, 5.74) is 5.44. The van der Waals surface area contributed by atoms with Crippen LogP contribution in [0.2, 0.25) is 0 Å². The van der Waals surface area contributed by atoms with E-state index in [2.05, 4.69) is 54.5 Å². The maximum Gasteiger partial charge on any atom is 0.323 e. The van der Waals surface area contributed by atoms with Crippen LogP contribution in [-0.2, 0) is 23.1 Å². The molecule has 1 aliphatic rings. The van der Waals surface area contributed by atoms with Crippen LogP contribution in [-0.4, -0.2) is 52.2 Å². The van der Waals surface area contributed by atoms with Crippen molar-refractivity contribution in [2.24, 2.45) is 0 Å². The minimum Gasteiger partial charge on any atom is -0.616 e. The molecule has 208 valence electrons. The fourth-order valence-corrected chi connectivity index (χ4v) is 6.08. The summed E-state index contributed by atoms with van der Waals surface area (Å²) in [6, 6.07) is 21.7. The van der Waals surface area contributed by atoms with Gasteiger partial charge in [0.25, 0.3) is 0 Å². The van der Waals surface area contributed by atoms with Gasteiger partial charge in [0.2, 0.25) is 0 Å². The van der Waals surface area contributed by atoms with Gasteiger partial charge in [-0.3, -0.25) is 9.88 Å². The fourth-order valence-electron chi connectivity index (χ4n) is 4.95. The molecule has 0 saturated carbocycles. The quantitative estimate of drug-likeness (QED) is 0.268. The minimum atomic E-state index is -0.681. The third-order valence-electron chi connectivity index (χ3n) is 7.28. The fraction of sp³-hybridized carbons (Fsp3) is 0.312. The van der Waals surface area contributed by atoms with Crippen LogP contribution in [0.15, 0.2) is 72.9 Å². The Bertz CT molecular complexity index is 1490. The number of pyridine rings is 1. The van der Waals surface area contributed by atoms with Gasteiger partial charge in [-0.1, -0.05) is 74.4 Å². The summed E-state index contributed by atoms with van der Waals surface area (Å²) in [4.78, 5) is 20.1. The second-order valence-electron chi connectivity index (χ2n) is 11.1. The Balaban J connectivity index is 1.35. The number of carbonyl (C=O) groups excluding carboxylic acids is 1. The first-order valence-electron chi connectivity index (χ1n) is 13.5. The number of hydrogen-bond acceptors (Lipinski definition) is 5. The lowest BCUT2D eigenvalue weighted by molar-refractivity contribution is 0.262. The van der Waals surface area contributed by atoms with Gasteiger partial charge in [0.1, 0.15) is 17.3 Å². The van der Waals surface area contributed by atoms with Crippen molar-refractivity contribution >= 4 is 39.4 Å². The van der Waals surface area contributed by atoms with Gasteiger partial charge in [-0.25, -0.2) is 4.79 Å². The number of urea groups is 1. The molecule has 3 aromatic carbocycles. The van der Waals surface area contributed by atoms with Crippen LogP contribution >= 0.6 is 0 Å². The molecule has 4 aromatic rings. The normalized spacial score (nSPS) is 14.7. The molecular weight excluding hydrogens is 520 g/mol. The number of fused-ring (bicyclic) bond motifs is 1. The number of methoxy groups -OCH3 is 1. The summed E-state index contributed by atoms with van der Waals surface area (Å²) in [5.74, 6) is 2.08. The average molecular weight is 557 g/mol. The second-order valence-corrected chi connectivity index (χ2v) is 12.8. The van der Waals surface area contributed by atoms with Gasteiger partial charge in [0.05, 0.1) is 24.2 Å². The molecule has 1 aliphatic heterocycles. The van der Waals surface area contributed by atoms with E-state index >= 15 is 0 Å². The number of benzene rings is 3. The van der Waals surface area contributed by atoms with E-state index in [1.807, 2.05) is 54.7 Å². The highest BCUT2D eigenvalue weighted by molar-refractivity contribution is 7.91. The number of ether oxygens (including phenoxy) is 1. The smallest absolute Gasteiger partial charge is 0.323 e. The molecule has 0 atom stereocenters. The summed E-state index contributed by atoms with van der Waals surface area (Å²) in [6.45, 7) is 8.85. The van der Waals surface area contributed by atoms with Crippen LogP contribution in [0.25, 0.3) is 21.9 Å². The van der Waals surface area contributed by atoms with E-state index < -0.39 is 11.2 Å². The molecule has 0 aliphatic carbocycles.